The van der Waals surface area contributed by atoms with Gasteiger partial charge in [0.2, 0.25) is 0 Å². The summed E-state index contributed by atoms with van der Waals surface area (Å²) in [7, 11) is 0. The molecule has 1 saturated carbocycles. The summed E-state index contributed by atoms with van der Waals surface area (Å²) in [5, 5.41) is 0. The van der Waals surface area contributed by atoms with Gasteiger partial charge >= 0.3 is 0 Å². The van der Waals surface area contributed by atoms with Crippen molar-refractivity contribution < 1.29 is 14.3 Å². The number of thiazole rings is 1. The van der Waals surface area contributed by atoms with E-state index in [9.17, 15) is 14.4 Å². The number of ether oxygens (including phenoxy) is 1. The average molecular weight is 610 g/mol. The van der Waals surface area contributed by atoms with Gasteiger partial charge in [-0.25, -0.2) is 0 Å². The fourth-order valence-electron chi connectivity index (χ4n) is 5.92. The number of carbonyl (C=O) groups is 2. The smallest absolute Gasteiger partial charge is 0.294 e. The average Bonchev–Trinajstić information content (AvgIpc) is 3.70. The Kier molecular flexibility index (Phi) is 7.64. The molecule has 206 valence electrons. The van der Waals surface area contributed by atoms with Crippen LogP contribution in [0, 0.1) is 0 Å². The van der Waals surface area contributed by atoms with E-state index in [4.69, 9.17) is 17.0 Å². The molecule has 2 atom stereocenters. The zero-order chi connectivity index (χ0) is 28.0. The Bertz CT molecular complexity index is 1700. The lowest BCUT2D eigenvalue weighted by molar-refractivity contribution is -0.132. The van der Waals surface area contributed by atoms with E-state index in [0.29, 0.717) is 49.2 Å². The molecule has 0 bridgehead atoms. The Balaban J connectivity index is 1.44. The monoisotopic (exact) mass is 609 g/mol. The number of thiocarbonyl (C=S) groups is 1. The van der Waals surface area contributed by atoms with E-state index in [-0.39, 0.29) is 18.2 Å². The molecule has 3 aliphatic rings. The summed E-state index contributed by atoms with van der Waals surface area (Å²) in [6, 6.07) is 15.4. The highest BCUT2D eigenvalue weighted by Gasteiger charge is 2.42. The van der Waals surface area contributed by atoms with Crippen molar-refractivity contribution in [3.8, 4) is 0 Å². The third-order valence-electron chi connectivity index (χ3n) is 7.76. The Hall–Kier alpha value is -2.86. The third kappa shape index (κ3) is 4.62. The number of rotatable bonds is 7. The van der Waals surface area contributed by atoms with Crippen molar-refractivity contribution >= 4 is 87.0 Å². The van der Waals surface area contributed by atoms with Gasteiger partial charge in [-0.1, -0.05) is 48.6 Å². The van der Waals surface area contributed by atoms with Gasteiger partial charge in [0.1, 0.15) is 13.9 Å². The first-order chi connectivity index (χ1) is 19.4. The molecule has 6 rings (SSSR count). The van der Waals surface area contributed by atoms with Crippen molar-refractivity contribution in [1.29, 1.82) is 0 Å². The number of anilines is 2. The number of aromatic nitrogens is 1. The van der Waals surface area contributed by atoms with Crippen LogP contribution >= 0.6 is 47.9 Å². The highest BCUT2D eigenvalue weighted by atomic mass is 32.2. The highest BCUT2D eigenvalue weighted by Crippen LogP contribution is 2.52. The van der Waals surface area contributed by atoms with E-state index < -0.39 is 0 Å². The van der Waals surface area contributed by atoms with Gasteiger partial charge in [-0.05, 0) is 66.8 Å². The van der Waals surface area contributed by atoms with E-state index in [1.807, 2.05) is 19.1 Å². The molecule has 2 fully saturated rings. The number of fused-ring (bicyclic) bond motifs is 3. The normalized spacial score (nSPS) is 21.8. The number of thioether (sulfide) groups is 1. The van der Waals surface area contributed by atoms with Crippen LogP contribution in [0.15, 0.2) is 47.3 Å². The second-order valence-corrected chi connectivity index (χ2v) is 12.9. The molecule has 2 aliphatic heterocycles. The van der Waals surface area contributed by atoms with Crippen molar-refractivity contribution in [2.75, 3.05) is 11.4 Å². The molecule has 7 nitrogen and oxygen atoms in total. The molecule has 1 aromatic heterocycles. The van der Waals surface area contributed by atoms with Gasteiger partial charge in [0.05, 0.1) is 4.53 Å². The van der Waals surface area contributed by atoms with Crippen molar-refractivity contribution in [2.24, 2.45) is 0 Å². The number of carbonyl (C=O) groups excluding carboxylic acids is 2. The summed E-state index contributed by atoms with van der Waals surface area (Å²) in [6.07, 6.45) is 5.33. The van der Waals surface area contributed by atoms with Crippen molar-refractivity contribution in [1.82, 2.24) is 9.47 Å². The second kappa shape index (κ2) is 11.2. The zero-order valence-corrected chi connectivity index (χ0v) is 25.1. The molecule has 1 amide bonds. The first-order valence-corrected chi connectivity index (χ1v) is 15.8. The maximum Gasteiger partial charge on any atom is 0.294 e. The number of nitrogens with zero attached hydrogens (tertiary/aromatic N) is 3. The molecule has 0 spiro atoms. The number of benzene rings is 2. The summed E-state index contributed by atoms with van der Waals surface area (Å²) >= 11 is 12.2. The van der Waals surface area contributed by atoms with Crippen LogP contribution in [0.2, 0.25) is 0 Å². The van der Waals surface area contributed by atoms with Crippen LogP contribution in [0.3, 0.4) is 0 Å². The van der Waals surface area contributed by atoms with Crippen molar-refractivity contribution in [3.05, 3.63) is 78.7 Å². The molecular formula is C29H27N3O4S4. The molecule has 11 heteroatoms. The van der Waals surface area contributed by atoms with E-state index in [1.165, 1.54) is 61.5 Å². The van der Waals surface area contributed by atoms with Crippen LogP contribution in [0.1, 0.15) is 48.8 Å². The zero-order valence-electron chi connectivity index (χ0n) is 21.7. The predicted octanol–water partition coefficient (Wildman–Crippen LogP) is 4.08. The molecular weight excluding hydrogens is 583 g/mol. The largest absolute Gasteiger partial charge is 0.446 e. The minimum Gasteiger partial charge on any atom is -0.446 e. The summed E-state index contributed by atoms with van der Waals surface area (Å²) in [5.41, 5.74) is 5.51. The number of hydrogen-bond donors (Lipinski definition) is 1. The first kappa shape index (κ1) is 27.3. The molecule has 3 heterocycles. The summed E-state index contributed by atoms with van der Waals surface area (Å²) in [4.78, 5) is 41.8. The molecule has 0 radical (unpaired) electrons. The lowest BCUT2D eigenvalue weighted by Crippen LogP contribution is -2.34. The number of amides is 1. The number of thiol groups is 1. The van der Waals surface area contributed by atoms with Crippen LogP contribution in [0.25, 0.3) is 11.0 Å². The first-order valence-electron chi connectivity index (χ1n) is 13.1. The number of hydrogen-bond acceptors (Lipinski definition) is 9. The third-order valence-corrected chi connectivity index (χ3v) is 10.8. The van der Waals surface area contributed by atoms with Crippen LogP contribution in [0.4, 0.5) is 11.4 Å². The molecule has 1 aliphatic carbocycles. The van der Waals surface area contributed by atoms with Crippen LogP contribution in [-0.2, 0) is 26.8 Å². The topological polar surface area (TPSA) is 71.8 Å². The van der Waals surface area contributed by atoms with E-state index in [0.717, 1.165) is 18.4 Å². The highest BCUT2D eigenvalue weighted by molar-refractivity contribution is 8.30. The quantitative estimate of drug-likeness (QED) is 0.246. The lowest BCUT2D eigenvalue weighted by Gasteiger charge is -2.27. The maximum absolute atomic E-state index is 13.5. The van der Waals surface area contributed by atoms with E-state index in [1.54, 1.807) is 0 Å². The Labute approximate surface area is 250 Å². The molecule has 0 N–H and O–H groups in total. The molecule has 2 unspecified atom stereocenters. The van der Waals surface area contributed by atoms with Gasteiger partial charge in [-0.2, -0.15) is 12.6 Å². The van der Waals surface area contributed by atoms with Gasteiger partial charge in [-0.15, -0.1) is 11.3 Å². The molecule has 1 saturated heterocycles. The lowest BCUT2D eigenvalue weighted by atomic mass is 9.96. The van der Waals surface area contributed by atoms with Gasteiger partial charge in [0.15, 0.2) is 6.73 Å². The summed E-state index contributed by atoms with van der Waals surface area (Å²) in [6.45, 7) is 2.32. The van der Waals surface area contributed by atoms with Crippen LogP contribution in [-0.4, -0.2) is 38.8 Å². The summed E-state index contributed by atoms with van der Waals surface area (Å²) in [5.74, 6) is 0.913. The van der Waals surface area contributed by atoms with Crippen LogP contribution in [0.5, 0.6) is 0 Å². The summed E-state index contributed by atoms with van der Waals surface area (Å²) < 4.78 is 7.64. The maximum atomic E-state index is 13.5. The molecule has 3 aromatic rings. The van der Waals surface area contributed by atoms with E-state index >= 15 is 0 Å². The minimum atomic E-state index is -0.311. The van der Waals surface area contributed by atoms with E-state index in [2.05, 4.69) is 53.9 Å². The van der Waals surface area contributed by atoms with Crippen molar-refractivity contribution in [2.45, 2.75) is 50.6 Å². The van der Waals surface area contributed by atoms with Gasteiger partial charge in [0.25, 0.3) is 17.9 Å². The Morgan fingerprint density at radius 1 is 1.15 bits per heavy atom. The Morgan fingerprint density at radius 3 is 2.65 bits per heavy atom. The second-order valence-electron chi connectivity index (χ2n) is 9.91. The fourth-order valence-corrected chi connectivity index (χ4v) is 8.77. The van der Waals surface area contributed by atoms with Crippen LogP contribution < -0.4 is 19.7 Å². The Morgan fingerprint density at radius 2 is 1.95 bits per heavy atom. The minimum absolute atomic E-state index is 0.238. The fraction of sp³-hybridized carbons (Fsp3) is 0.310. The standard InChI is InChI=1S/C29H27N3O4S4/c1-2-30-27(35)25(40-29(30)38)28-31(15-36-16-33)26(34)24(39-28)13-18-8-11-23-21(12-18)20-4-3-5-22(20)32(23)19-9-6-17(14-37)7-10-19/h6-13,16,20,22,37H,2-5,14-15H2,1H3. The van der Waals surface area contributed by atoms with Gasteiger partial charge in [-0.3, -0.25) is 23.9 Å². The van der Waals surface area contributed by atoms with Crippen molar-refractivity contribution in [3.63, 3.8) is 0 Å². The molecule has 40 heavy (non-hydrogen) atoms. The van der Waals surface area contributed by atoms with Gasteiger partial charge in [0, 0.05) is 35.6 Å². The SMILES string of the molecule is CCN1C(=O)C(=c2sc(=Cc3ccc4c(c3)C3CCCC3N4c3ccc(CS)cc3)c(=O)n2COC=O)SC1=S. The van der Waals surface area contributed by atoms with Gasteiger partial charge < -0.3 is 9.64 Å². The predicted molar refractivity (Wildman–Crippen MR) is 168 cm³/mol. The molecule has 2 aromatic carbocycles.